The van der Waals surface area contributed by atoms with Crippen molar-refractivity contribution in [2.75, 3.05) is 6.61 Å². The lowest BCUT2D eigenvalue weighted by Crippen LogP contribution is -2.34. The molecule has 1 N–H and O–H groups in total. The summed E-state index contributed by atoms with van der Waals surface area (Å²) in [5.41, 5.74) is 0. The van der Waals surface area contributed by atoms with Gasteiger partial charge in [0.1, 0.15) is 0 Å². The van der Waals surface area contributed by atoms with Crippen LogP contribution in [0.3, 0.4) is 0 Å². The molecule has 0 amide bonds. The third-order valence-corrected chi connectivity index (χ3v) is 3.01. The van der Waals surface area contributed by atoms with E-state index in [1.54, 1.807) is 0 Å². The minimum absolute atomic E-state index is 0.234. The molecule has 0 fully saturated rings. The number of hydrogen-bond acceptors (Lipinski definition) is 2. The average Bonchev–Trinajstić information content (AvgIpc) is 2.02. The molecule has 11 heavy (non-hydrogen) atoms. The molecule has 2 nitrogen and oxygen atoms in total. The van der Waals surface area contributed by atoms with Gasteiger partial charge in [-0.05, 0) is 20.3 Å². The van der Waals surface area contributed by atoms with E-state index in [1.165, 1.54) is 12.8 Å². The Hall–Kier alpha value is 0.350. The van der Waals surface area contributed by atoms with Crippen LogP contribution in [0.25, 0.3) is 0 Å². The van der Waals surface area contributed by atoms with E-state index in [1.807, 2.05) is 6.92 Å². The molecule has 0 heterocycles. The lowest BCUT2D eigenvalue weighted by atomic mass is 10.2. The van der Waals surface area contributed by atoms with Gasteiger partial charge in [0, 0.05) is 12.1 Å². The third-order valence-electron chi connectivity index (χ3n) is 1.99. The number of hydrogen-bond donors (Lipinski definition) is 1. The van der Waals surface area contributed by atoms with Gasteiger partial charge in [0.2, 0.25) is 0 Å². The van der Waals surface area contributed by atoms with Crippen LogP contribution in [-0.4, -0.2) is 28.5 Å². The predicted molar refractivity (Wildman–Crippen MR) is 52.5 cm³/mol. The Bertz CT molecular complexity index is 100. The fourth-order valence-electron chi connectivity index (χ4n) is 1.10. The molecule has 0 saturated carbocycles. The van der Waals surface area contributed by atoms with Gasteiger partial charge in [0.15, 0.2) is 0 Å². The molecule has 0 aliphatic carbocycles. The van der Waals surface area contributed by atoms with Crippen molar-refractivity contribution in [2.24, 2.45) is 0 Å². The van der Waals surface area contributed by atoms with Crippen LogP contribution in [0.4, 0.5) is 0 Å². The summed E-state index contributed by atoms with van der Waals surface area (Å²) in [5, 5.41) is 8.87. The molecule has 0 spiro atoms. The summed E-state index contributed by atoms with van der Waals surface area (Å²) in [6.07, 6.45) is 2.39. The number of nitrogens with zero attached hydrogens (tertiary/aromatic N) is 1. The third kappa shape index (κ3) is 4.05. The van der Waals surface area contributed by atoms with E-state index in [-0.39, 0.29) is 12.6 Å². The lowest BCUT2D eigenvalue weighted by Gasteiger charge is -2.28. The van der Waals surface area contributed by atoms with E-state index in [0.717, 1.165) is 0 Å². The van der Waals surface area contributed by atoms with E-state index in [0.29, 0.717) is 6.04 Å². The number of aliphatic hydroxyl groups excluding tert-OH is 1. The summed E-state index contributed by atoms with van der Waals surface area (Å²) in [4.78, 5) is 0. The Labute approximate surface area is 72.2 Å². The second-order valence-electron chi connectivity index (χ2n) is 3.12. The highest BCUT2D eigenvalue weighted by atomic mass is 31.0. The number of aliphatic hydroxyl groups is 1. The molecule has 0 bridgehead atoms. The quantitative estimate of drug-likeness (QED) is 0.645. The minimum Gasteiger partial charge on any atom is -0.395 e. The Morgan fingerprint density at radius 2 is 1.91 bits per heavy atom. The van der Waals surface area contributed by atoms with Crippen LogP contribution in [0.1, 0.15) is 33.6 Å². The van der Waals surface area contributed by atoms with Gasteiger partial charge >= 0.3 is 0 Å². The van der Waals surface area contributed by atoms with Crippen LogP contribution < -0.4 is 0 Å². The summed E-state index contributed by atoms with van der Waals surface area (Å²) in [7, 11) is 2.68. The molecule has 0 saturated heterocycles. The first kappa shape index (κ1) is 11.4. The fraction of sp³-hybridized carbons (Fsp3) is 1.00. The lowest BCUT2D eigenvalue weighted by molar-refractivity contribution is 0.179. The molecular weight excluding hydrogens is 157 g/mol. The molecule has 0 aromatic carbocycles. The maximum Gasteiger partial charge on any atom is 0.0587 e. The maximum atomic E-state index is 8.87. The van der Waals surface area contributed by atoms with Crippen LogP contribution in [0.5, 0.6) is 0 Å². The van der Waals surface area contributed by atoms with E-state index >= 15 is 0 Å². The summed E-state index contributed by atoms with van der Waals surface area (Å²) < 4.78 is 2.14. The molecule has 3 atom stereocenters. The van der Waals surface area contributed by atoms with Gasteiger partial charge in [-0.15, -0.1) is 0 Å². The SMILES string of the molecule is CCC[C@@H](C)N(P)[C@@H](C)CO. The van der Waals surface area contributed by atoms with Crippen molar-refractivity contribution < 1.29 is 5.11 Å². The van der Waals surface area contributed by atoms with Gasteiger partial charge in [0.05, 0.1) is 6.61 Å². The van der Waals surface area contributed by atoms with E-state index in [2.05, 4.69) is 27.9 Å². The minimum atomic E-state index is 0.234. The molecule has 0 aromatic rings. The monoisotopic (exact) mass is 177 g/mol. The summed E-state index contributed by atoms with van der Waals surface area (Å²) in [6, 6.07) is 0.800. The van der Waals surface area contributed by atoms with E-state index in [4.69, 9.17) is 5.11 Å². The van der Waals surface area contributed by atoms with Crippen LogP contribution in [0.2, 0.25) is 0 Å². The van der Waals surface area contributed by atoms with Crippen molar-refractivity contribution in [3.05, 3.63) is 0 Å². The molecule has 0 aliphatic rings. The van der Waals surface area contributed by atoms with Crippen molar-refractivity contribution >= 4 is 9.39 Å². The summed E-state index contributed by atoms with van der Waals surface area (Å²) in [5.74, 6) is 0. The van der Waals surface area contributed by atoms with Crippen molar-refractivity contribution in [1.29, 1.82) is 0 Å². The highest BCUT2D eigenvalue weighted by Crippen LogP contribution is 2.14. The molecule has 0 radical (unpaired) electrons. The summed E-state index contributed by atoms with van der Waals surface area (Å²) >= 11 is 0. The Morgan fingerprint density at radius 3 is 2.27 bits per heavy atom. The van der Waals surface area contributed by atoms with Crippen LogP contribution in [0, 0.1) is 0 Å². The zero-order valence-corrected chi connectivity index (χ0v) is 8.90. The van der Waals surface area contributed by atoms with E-state index in [9.17, 15) is 0 Å². The highest BCUT2D eigenvalue weighted by molar-refractivity contribution is 7.13. The predicted octanol–water partition coefficient (Wildman–Crippen LogP) is 1.65. The zero-order valence-electron chi connectivity index (χ0n) is 7.75. The summed E-state index contributed by atoms with van der Waals surface area (Å²) in [6.45, 7) is 6.62. The maximum absolute atomic E-state index is 8.87. The van der Waals surface area contributed by atoms with Gasteiger partial charge in [-0.3, -0.25) is 4.67 Å². The Kier molecular flexibility index (Phi) is 6.12. The number of rotatable bonds is 5. The largest absolute Gasteiger partial charge is 0.395 e. The normalized spacial score (nSPS) is 16.9. The molecule has 1 unspecified atom stereocenters. The molecule has 68 valence electrons. The zero-order chi connectivity index (χ0) is 8.85. The Morgan fingerprint density at radius 1 is 1.36 bits per heavy atom. The second-order valence-corrected chi connectivity index (χ2v) is 3.71. The molecule has 0 aliphatic heterocycles. The van der Waals surface area contributed by atoms with Crippen molar-refractivity contribution in [3.8, 4) is 0 Å². The van der Waals surface area contributed by atoms with Crippen LogP contribution in [-0.2, 0) is 0 Å². The van der Waals surface area contributed by atoms with Gasteiger partial charge in [-0.1, -0.05) is 22.7 Å². The van der Waals surface area contributed by atoms with Crippen molar-refractivity contribution in [1.82, 2.24) is 4.67 Å². The Balaban J connectivity index is 3.70. The average molecular weight is 177 g/mol. The molecular formula is C8H20NOP. The molecule has 3 heteroatoms. The second kappa shape index (κ2) is 5.93. The van der Waals surface area contributed by atoms with Gasteiger partial charge in [-0.2, -0.15) is 0 Å². The van der Waals surface area contributed by atoms with Crippen molar-refractivity contribution in [3.63, 3.8) is 0 Å². The van der Waals surface area contributed by atoms with E-state index < -0.39 is 0 Å². The van der Waals surface area contributed by atoms with Gasteiger partial charge in [0.25, 0.3) is 0 Å². The fourth-order valence-corrected chi connectivity index (χ4v) is 1.34. The smallest absolute Gasteiger partial charge is 0.0587 e. The first-order valence-corrected chi connectivity index (χ1v) is 4.79. The van der Waals surface area contributed by atoms with Gasteiger partial charge in [-0.25, -0.2) is 0 Å². The van der Waals surface area contributed by atoms with Crippen molar-refractivity contribution in [2.45, 2.75) is 45.7 Å². The highest BCUT2D eigenvalue weighted by Gasteiger charge is 2.13. The first-order chi connectivity index (χ1) is 5.13. The van der Waals surface area contributed by atoms with Gasteiger partial charge < -0.3 is 5.11 Å². The van der Waals surface area contributed by atoms with Crippen LogP contribution >= 0.6 is 9.39 Å². The first-order valence-electron chi connectivity index (χ1n) is 4.27. The molecule has 0 rings (SSSR count). The molecule has 0 aromatic heterocycles. The topological polar surface area (TPSA) is 23.5 Å². The van der Waals surface area contributed by atoms with Crippen LogP contribution in [0.15, 0.2) is 0 Å². The standard InChI is InChI=1S/C8H20NOP/c1-4-5-7(2)9(11)8(3)6-10/h7-8,10H,4-6,11H2,1-3H3/t7-,8+/m1/s1.